The van der Waals surface area contributed by atoms with Crippen LogP contribution in [0.15, 0.2) is 42.5 Å². The summed E-state index contributed by atoms with van der Waals surface area (Å²) in [5, 5.41) is 3.40. The first kappa shape index (κ1) is 18.4. The standard InChI is InChI=1S/C18H19ClF2N2O/c1-12(18(24)22-10-13-5-3-4-6-16(13)19)23(2)11-14-7-8-15(20)9-17(14)21/h3-9,12H,10-11H2,1-2H3,(H,22,24). The van der Waals surface area contributed by atoms with E-state index in [0.717, 1.165) is 11.6 Å². The molecule has 128 valence electrons. The Bertz CT molecular complexity index is 724. The third-order valence-corrected chi connectivity index (χ3v) is 4.26. The van der Waals surface area contributed by atoms with Crippen molar-refractivity contribution in [3.63, 3.8) is 0 Å². The molecule has 2 aromatic rings. The van der Waals surface area contributed by atoms with Gasteiger partial charge in [0.1, 0.15) is 11.6 Å². The van der Waals surface area contributed by atoms with Crippen LogP contribution in [0.25, 0.3) is 0 Å². The zero-order chi connectivity index (χ0) is 17.7. The van der Waals surface area contributed by atoms with Crippen LogP contribution in [-0.2, 0) is 17.9 Å². The minimum atomic E-state index is -0.621. The average molecular weight is 353 g/mol. The Hall–Kier alpha value is -1.98. The number of rotatable bonds is 6. The molecule has 1 amide bonds. The second kappa shape index (κ2) is 8.22. The third-order valence-electron chi connectivity index (χ3n) is 3.89. The van der Waals surface area contributed by atoms with Gasteiger partial charge in [-0.25, -0.2) is 8.78 Å². The highest BCUT2D eigenvalue weighted by Gasteiger charge is 2.19. The number of hydrogen-bond acceptors (Lipinski definition) is 2. The summed E-state index contributed by atoms with van der Waals surface area (Å²) in [5.41, 5.74) is 1.16. The van der Waals surface area contributed by atoms with Gasteiger partial charge in [-0.05, 0) is 31.7 Å². The quantitative estimate of drug-likeness (QED) is 0.858. The first-order valence-corrected chi connectivity index (χ1v) is 7.91. The molecule has 2 aromatic carbocycles. The van der Waals surface area contributed by atoms with Gasteiger partial charge in [0, 0.05) is 29.7 Å². The monoisotopic (exact) mass is 352 g/mol. The Labute approximate surface area is 145 Å². The molecule has 0 aliphatic heterocycles. The number of hydrogen-bond donors (Lipinski definition) is 1. The van der Waals surface area contributed by atoms with E-state index in [1.165, 1.54) is 12.1 Å². The molecular formula is C18H19ClF2N2O. The van der Waals surface area contributed by atoms with Gasteiger partial charge in [-0.2, -0.15) is 0 Å². The molecule has 0 radical (unpaired) electrons. The van der Waals surface area contributed by atoms with Crippen molar-refractivity contribution in [3.8, 4) is 0 Å². The normalized spacial score (nSPS) is 12.2. The summed E-state index contributed by atoms with van der Waals surface area (Å²) in [6.45, 7) is 2.25. The van der Waals surface area contributed by atoms with Gasteiger partial charge in [-0.1, -0.05) is 35.9 Å². The lowest BCUT2D eigenvalue weighted by atomic mass is 10.1. The van der Waals surface area contributed by atoms with Crippen LogP contribution in [0.5, 0.6) is 0 Å². The molecule has 0 heterocycles. The predicted octanol–water partition coefficient (Wildman–Crippen LogP) is 3.75. The van der Waals surface area contributed by atoms with Crippen molar-refractivity contribution in [1.82, 2.24) is 10.2 Å². The highest BCUT2D eigenvalue weighted by atomic mass is 35.5. The minimum Gasteiger partial charge on any atom is -0.351 e. The predicted molar refractivity (Wildman–Crippen MR) is 90.6 cm³/mol. The van der Waals surface area contributed by atoms with Crippen molar-refractivity contribution in [3.05, 3.63) is 70.2 Å². The van der Waals surface area contributed by atoms with E-state index in [1.54, 1.807) is 24.9 Å². The highest BCUT2D eigenvalue weighted by molar-refractivity contribution is 6.31. The van der Waals surface area contributed by atoms with Crippen LogP contribution in [0.3, 0.4) is 0 Å². The SMILES string of the molecule is CC(C(=O)NCc1ccccc1Cl)N(C)Cc1ccc(F)cc1F. The van der Waals surface area contributed by atoms with E-state index in [2.05, 4.69) is 5.32 Å². The molecule has 24 heavy (non-hydrogen) atoms. The number of likely N-dealkylation sites (N-methyl/N-ethyl adjacent to an activating group) is 1. The van der Waals surface area contributed by atoms with Gasteiger partial charge in [-0.3, -0.25) is 9.69 Å². The largest absolute Gasteiger partial charge is 0.351 e. The Kier molecular flexibility index (Phi) is 6.29. The Balaban J connectivity index is 1.93. The van der Waals surface area contributed by atoms with Gasteiger partial charge in [0.25, 0.3) is 0 Å². The summed E-state index contributed by atoms with van der Waals surface area (Å²) in [4.78, 5) is 13.9. The van der Waals surface area contributed by atoms with E-state index in [9.17, 15) is 13.6 Å². The maximum atomic E-state index is 13.7. The molecule has 2 rings (SSSR count). The smallest absolute Gasteiger partial charge is 0.237 e. The lowest BCUT2D eigenvalue weighted by Gasteiger charge is -2.24. The van der Waals surface area contributed by atoms with Gasteiger partial charge < -0.3 is 5.32 Å². The van der Waals surface area contributed by atoms with Crippen molar-refractivity contribution >= 4 is 17.5 Å². The highest BCUT2D eigenvalue weighted by Crippen LogP contribution is 2.15. The Morgan fingerprint density at radius 3 is 2.58 bits per heavy atom. The van der Waals surface area contributed by atoms with E-state index in [-0.39, 0.29) is 12.5 Å². The summed E-state index contributed by atoms with van der Waals surface area (Å²) in [7, 11) is 1.71. The minimum absolute atomic E-state index is 0.195. The van der Waals surface area contributed by atoms with Gasteiger partial charge >= 0.3 is 0 Å². The molecule has 0 saturated carbocycles. The van der Waals surface area contributed by atoms with Crippen molar-refractivity contribution in [2.45, 2.75) is 26.1 Å². The molecule has 0 aliphatic carbocycles. The topological polar surface area (TPSA) is 32.3 Å². The first-order valence-electron chi connectivity index (χ1n) is 7.53. The van der Waals surface area contributed by atoms with Crippen molar-refractivity contribution in [2.24, 2.45) is 0 Å². The summed E-state index contributed by atoms with van der Waals surface area (Å²) in [6.07, 6.45) is 0. The number of nitrogens with one attached hydrogen (secondary N) is 1. The van der Waals surface area contributed by atoms with Crippen molar-refractivity contribution in [2.75, 3.05) is 7.05 Å². The number of carbonyl (C=O) groups is 1. The van der Waals surface area contributed by atoms with E-state index in [0.29, 0.717) is 17.1 Å². The number of amides is 1. The number of nitrogens with zero attached hydrogens (tertiary/aromatic N) is 1. The second-order valence-electron chi connectivity index (χ2n) is 5.64. The Morgan fingerprint density at radius 1 is 1.21 bits per heavy atom. The van der Waals surface area contributed by atoms with Gasteiger partial charge in [0.05, 0.1) is 6.04 Å². The lowest BCUT2D eigenvalue weighted by molar-refractivity contribution is -0.125. The maximum absolute atomic E-state index is 13.7. The number of benzene rings is 2. The fraction of sp³-hybridized carbons (Fsp3) is 0.278. The fourth-order valence-electron chi connectivity index (χ4n) is 2.23. The molecular weight excluding hydrogens is 334 g/mol. The molecule has 0 saturated heterocycles. The maximum Gasteiger partial charge on any atom is 0.237 e. The van der Waals surface area contributed by atoms with Crippen LogP contribution < -0.4 is 5.32 Å². The molecule has 1 unspecified atom stereocenters. The molecule has 0 fully saturated rings. The lowest BCUT2D eigenvalue weighted by Crippen LogP contribution is -2.42. The summed E-state index contributed by atoms with van der Waals surface area (Å²) >= 11 is 6.05. The number of carbonyl (C=O) groups excluding carboxylic acids is 1. The molecule has 1 atom stereocenters. The van der Waals surface area contributed by atoms with Crippen LogP contribution in [0.1, 0.15) is 18.1 Å². The van der Waals surface area contributed by atoms with Crippen molar-refractivity contribution in [1.29, 1.82) is 0 Å². The van der Waals surface area contributed by atoms with Gasteiger partial charge in [-0.15, -0.1) is 0 Å². The van der Waals surface area contributed by atoms with E-state index in [1.807, 2.05) is 18.2 Å². The van der Waals surface area contributed by atoms with Crippen LogP contribution in [-0.4, -0.2) is 23.9 Å². The van der Waals surface area contributed by atoms with Gasteiger partial charge in [0.15, 0.2) is 0 Å². The first-order chi connectivity index (χ1) is 11.4. The second-order valence-corrected chi connectivity index (χ2v) is 6.04. The van der Waals surface area contributed by atoms with E-state index in [4.69, 9.17) is 11.6 Å². The zero-order valence-electron chi connectivity index (χ0n) is 13.5. The molecule has 0 aliphatic rings. The van der Waals surface area contributed by atoms with E-state index < -0.39 is 17.7 Å². The fourth-order valence-corrected chi connectivity index (χ4v) is 2.43. The molecule has 0 bridgehead atoms. The molecule has 0 aromatic heterocycles. The van der Waals surface area contributed by atoms with Crippen molar-refractivity contribution < 1.29 is 13.6 Å². The van der Waals surface area contributed by atoms with Crippen LogP contribution >= 0.6 is 11.6 Å². The molecule has 0 spiro atoms. The third kappa shape index (κ3) is 4.76. The van der Waals surface area contributed by atoms with E-state index >= 15 is 0 Å². The molecule has 1 N–H and O–H groups in total. The van der Waals surface area contributed by atoms with Crippen LogP contribution in [0.4, 0.5) is 8.78 Å². The summed E-state index contributed by atoms with van der Waals surface area (Å²) in [5.74, 6) is -1.44. The Morgan fingerprint density at radius 2 is 1.92 bits per heavy atom. The molecule has 3 nitrogen and oxygen atoms in total. The number of halogens is 3. The summed E-state index contributed by atoms with van der Waals surface area (Å²) < 4.78 is 26.6. The molecule has 6 heteroatoms. The summed E-state index contributed by atoms with van der Waals surface area (Å²) in [6, 6.07) is 10.2. The average Bonchev–Trinajstić information content (AvgIpc) is 2.55. The van der Waals surface area contributed by atoms with Crippen LogP contribution in [0.2, 0.25) is 5.02 Å². The van der Waals surface area contributed by atoms with Gasteiger partial charge in [0.2, 0.25) is 5.91 Å². The van der Waals surface area contributed by atoms with Crippen LogP contribution in [0, 0.1) is 11.6 Å². The zero-order valence-corrected chi connectivity index (χ0v) is 14.3.